The minimum Gasteiger partial charge on any atom is -0.453 e. The van der Waals surface area contributed by atoms with Crippen LogP contribution in [0.4, 0.5) is 10.5 Å². The number of hydrogen-bond acceptors (Lipinski definition) is 5. The molecule has 160 valence electrons. The summed E-state index contributed by atoms with van der Waals surface area (Å²) in [6, 6.07) is 14.8. The third kappa shape index (κ3) is 4.56. The lowest BCUT2D eigenvalue weighted by atomic mass is 10.2. The minimum absolute atomic E-state index is 0.0470. The summed E-state index contributed by atoms with van der Waals surface area (Å²) in [5.74, 6) is -0.263. The van der Waals surface area contributed by atoms with Gasteiger partial charge in [-0.2, -0.15) is 0 Å². The van der Waals surface area contributed by atoms with E-state index >= 15 is 0 Å². The number of methoxy groups -OCH3 is 1. The normalized spacial score (nSPS) is 14.7. The highest BCUT2D eigenvalue weighted by Crippen LogP contribution is 2.23. The predicted octanol–water partition coefficient (Wildman–Crippen LogP) is 2.43. The first-order chi connectivity index (χ1) is 14.3. The number of sulfonamides is 1. The Morgan fingerprint density at radius 2 is 1.60 bits per heavy atom. The van der Waals surface area contributed by atoms with E-state index in [1.54, 1.807) is 46.2 Å². The van der Waals surface area contributed by atoms with E-state index in [2.05, 4.69) is 0 Å². The number of hydrogen-bond donors (Lipinski definition) is 0. The molecule has 3 rings (SSSR count). The number of para-hydroxylation sites is 1. The summed E-state index contributed by atoms with van der Waals surface area (Å²) in [4.78, 5) is 28.0. The van der Waals surface area contributed by atoms with Crippen molar-refractivity contribution in [3.05, 3.63) is 60.2 Å². The van der Waals surface area contributed by atoms with Crippen LogP contribution in [-0.4, -0.2) is 70.6 Å². The molecule has 9 heteroatoms. The third-order valence-corrected chi connectivity index (χ3v) is 6.86. The first-order valence-electron chi connectivity index (χ1n) is 9.61. The zero-order chi connectivity index (χ0) is 21.7. The molecule has 0 radical (unpaired) electrons. The Balaban J connectivity index is 1.79. The van der Waals surface area contributed by atoms with E-state index in [0.29, 0.717) is 43.9 Å². The molecular weight excluding hydrogens is 406 g/mol. The molecule has 1 aliphatic rings. The van der Waals surface area contributed by atoms with Crippen LogP contribution in [0, 0.1) is 0 Å². The maximum absolute atomic E-state index is 13.0. The SMILES string of the molecule is COC(=O)N1CCCN(C(=O)c2cccc(S(=O)(=O)N(C)c3ccccc3)c2)CC1. The van der Waals surface area contributed by atoms with Gasteiger partial charge in [0.05, 0.1) is 17.7 Å². The van der Waals surface area contributed by atoms with Crippen molar-refractivity contribution in [1.29, 1.82) is 0 Å². The van der Waals surface area contributed by atoms with Gasteiger partial charge in [-0.3, -0.25) is 9.10 Å². The average Bonchev–Trinajstić information content (AvgIpc) is 3.04. The van der Waals surface area contributed by atoms with Gasteiger partial charge in [-0.25, -0.2) is 13.2 Å². The highest BCUT2D eigenvalue weighted by molar-refractivity contribution is 7.92. The summed E-state index contributed by atoms with van der Waals surface area (Å²) in [5, 5.41) is 0. The molecule has 0 aliphatic carbocycles. The smallest absolute Gasteiger partial charge is 0.409 e. The van der Waals surface area contributed by atoms with Crippen molar-refractivity contribution in [3.63, 3.8) is 0 Å². The van der Waals surface area contributed by atoms with Crippen LogP contribution in [0.1, 0.15) is 16.8 Å². The number of ether oxygens (including phenoxy) is 1. The predicted molar refractivity (Wildman–Crippen MR) is 113 cm³/mol. The van der Waals surface area contributed by atoms with Gasteiger partial charge in [-0.05, 0) is 36.8 Å². The summed E-state index contributed by atoms with van der Waals surface area (Å²) in [7, 11) is -1.01. The highest BCUT2D eigenvalue weighted by atomic mass is 32.2. The average molecular weight is 432 g/mol. The third-order valence-electron chi connectivity index (χ3n) is 5.08. The van der Waals surface area contributed by atoms with Crippen LogP contribution in [0.3, 0.4) is 0 Å². The van der Waals surface area contributed by atoms with Crippen molar-refractivity contribution in [2.45, 2.75) is 11.3 Å². The number of nitrogens with zero attached hydrogens (tertiary/aromatic N) is 3. The minimum atomic E-state index is -3.82. The molecule has 1 aliphatic heterocycles. The summed E-state index contributed by atoms with van der Waals surface area (Å²) < 4.78 is 32.0. The lowest BCUT2D eigenvalue weighted by Crippen LogP contribution is -2.37. The Kier molecular flexibility index (Phi) is 6.61. The lowest BCUT2D eigenvalue weighted by Gasteiger charge is -2.22. The van der Waals surface area contributed by atoms with Crippen molar-refractivity contribution in [3.8, 4) is 0 Å². The first kappa shape index (κ1) is 21.6. The molecule has 0 unspecified atom stereocenters. The monoisotopic (exact) mass is 431 g/mol. The molecule has 1 fully saturated rings. The summed E-state index contributed by atoms with van der Waals surface area (Å²) >= 11 is 0. The second-order valence-electron chi connectivity index (χ2n) is 6.94. The molecule has 30 heavy (non-hydrogen) atoms. The van der Waals surface area contributed by atoms with E-state index in [1.165, 1.54) is 30.6 Å². The molecule has 8 nitrogen and oxygen atoms in total. The Bertz CT molecular complexity index is 1010. The van der Waals surface area contributed by atoms with Gasteiger partial charge in [-0.1, -0.05) is 24.3 Å². The van der Waals surface area contributed by atoms with Crippen LogP contribution in [0.5, 0.6) is 0 Å². The van der Waals surface area contributed by atoms with E-state index in [1.807, 2.05) is 6.07 Å². The Labute approximate surface area is 176 Å². The van der Waals surface area contributed by atoms with E-state index in [4.69, 9.17) is 4.74 Å². The van der Waals surface area contributed by atoms with Crippen LogP contribution in [0.25, 0.3) is 0 Å². The molecule has 0 bridgehead atoms. The van der Waals surface area contributed by atoms with E-state index in [-0.39, 0.29) is 10.8 Å². The van der Waals surface area contributed by atoms with Gasteiger partial charge >= 0.3 is 6.09 Å². The molecule has 1 saturated heterocycles. The van der Waals surface area contributed by atoms with Crippen LogP contribution in [0.15, 0.2) is 59.5 Å². The summed E-state index contributed by atoms with van der Waals surface area (Å²) in [6.45, 7) is 1.71. The fourth-order valence-electron chi connectivity index (χ4n) is 3.34. The molecule has 2 amide bonds. The van der Waals surface area contributed by atoms with Gasteiger partial charge in [0.1, 0.15) is 0 Å². The fraction of sp³-hybridized carbons (Fsp3) is 0.333. The Morgan fingerprint density at radius 1 is 0.933 bits per heavy atom. The molecule has 0 atom stereocenters. The number of benzene rings is 2. The van der Waals surface area contributed by atoms with Crippen LogP contribution >= 0.6 is 0 Å². The number of carbonyl (C=O) groups excluding carboxylic acids is 2. The highest BCUT2D eigenvalue weighted by Gasteiger charge is 2.26. The molecule has 2 aromatic rings. The van der Waals surface area contributed by atoms with E-state index < -0.39 is 16.1 Å². The standard InChI is InChI=1S/C21H25N3O5S/c1-22(18-9-4-3-5-10-18)30(27,28)19-11-6-8-17(16-19)20(25)23-12-7-13-24(15-14-23)21(26)29-2/h3-6,8-11,16H,7,12-15H2,1-2H3. The van der Waals surface area contributed by atoms with Crippen molar-refractivity contribution in [1.82, 2.24) is 9.80 Å². The second kappa shape index (κ2) is 9.17. The first-order valence-corrected chi connectivity index (χ1v) is 11.0. The lowest BCUT2D eigenvalue weighted by molar-refractivity contribution is 0.0757. The van der Waals surface area contributed by atoms with Gasteiger partial charge in [0.15, 0.2) is 0 Å². The zero-order valence-corrected chi connectivity index (χ0v) is 17.8. The van der Waals surface area contributed by atoms with Gasteiger partial charge < -0.3 is 14.5 Å². The molecular formula is C21H25N3O5S. The van der Waals surface area contributed by atoms with Gasteiger partial charge in [0.25, 0.3) is 15.9 Å². The van der Waals surface area contributed by atoms with E-state index in [0.717, 1.165) is 0 Å². The van der Waals surface area contributed by atoms with Crippen molar-refractivity contribution in [2.24, 2.45) is 0 Å². The van der Waals surface area contributed by atoms with Gasteiger partial charge in [-0.15, -0.1) is 0 Å². The van der Waals surface area contributed by atoms with E-state index in [9.17, 15) is 18.0 Å². The largest absolute Gasteiger partial charge is 0.453 e. The number of amides is 2. The molecule has 0 spiro atoms. The van der Waals surface area contributed by atoms with Crippen LogP contribution in [-0.2, 0) is 14.8 Å². The maximum Gasteiger partial charge on any atom is 0.409 e. The maximum atomic E-state index is 13.0. The van der Waals surface area contributed by atoms with Gasteiger partial charge in [0, 0.05) is 38.8 Å². The molecule has 0 N–H and O–H groups in total. The van der Waals surface area contributed by atoms with Crippen molar-refractivity contribution in [2.75, 3.05) is 44.6 Å². The zero-order valence-electron chi connectivity index (χ0n) is 17.0. The fourth-order valence-corrected chi connectivity index (χ4v) is 4.58. The van der Waals surface area contributed by atoms with Crippen molar-refractivity contribution < 1.29 is 22.7 Å². The Hall–Kier alpha value is -3.07. The molecule has 2 aromatic carbocycles. The molecule has 0 aromatic heterocycles. The number of anilines is 1. The van der Waals surface area contributed by atoms with Crippen LogP contribution in [0.2, 0.25) is 0 Å². The molecule has 1 heterocycles. The second-order valence-corrected chi connectivity index (χ2v) is 8.91. The van der Waals surface area contributed by atoms with Gasteiger partial charge in [0.2, 0.25) is 0 Å². The number of carbonyl (C=O) groups is 2. The van der Waals surface area contributed by atoms with Crippen molar-refractivity contribution >= 4 is 27.7 Å². The van der Waals surface area contributed by atoms with Crippen LogP contribution < -0.4 is 4.31 Å². The topological polar surface area (TPSA) is 87.2 Å². The quantitative estimate of drug-likeness (QED) is 0.742. The molecule has 0 saturated carbocycles. The number of rotatable bonds is 4. The summed E-state index contributed by atoms with van der Waals surface area (Å²) in [5.41, 5.74) is 0.828. The summed E-state index contributed by atoms with van der Waals surface area (Å²) in [6.07, 6.45) is 0.205. The Morgan fingerprint density at radius 3 is 2.30 bits per heavy atom.